The molecule has 1 atom stereocenters. The monoisotopic (exact) mass is 141 g/mol. The van der Waals surface area contributed by atoms with E-state index in [1.165, 1.54) is 25.8 Å². The molecule has 10 heavy (non-hydrogen) atoms. The Kier molecular flexibility index (Phi) is 2.35. The molecule has 60 valence electrons. The molecule has 1 rings (SSSR count). The van der Waals surface area contributed by atoms with E-state index in [4.69, 9.17) is 0 Å². The van der Waals surface area contributed by atoms with E-state index in [1.807, 2.05) is 0 Å². The van der Waals surface area contributed by atoms with Crippen LogP contribution in [0.25, 0.3) is 0 Å². The minimum Gasteiger partial charge on any atom is -0.311 e. The molecule has 1 N–H and O–H groups in total. The largest absolute Gasteiger partial charge is 0.311 e. The first-order chi connectivity index (χ1) is 4.71. The fourth-order valence-electron chi connectivity index (χ4n) is 2.03. The molecule has 0 radical (unpaired) electrons. The Balaban J connectivity index is 2.58. The lowest BCUT2D eigenvalue weighted by Gasteiger charge is -2.32. The fourth-order valence-corrected chi connectivity index (χ4v) is 2.03. The van der Waals surface area contributed by atoms with Gasteiger partial charge in [-0.05, 0) is 31.7 Å². The van der Waals surface area contributed by atoms with Crippen molar-refractivity contribution in [3.63, 3.8) is 0 Å². The molecule has 1 aliphatic rings. The zero-order chi connectivity index (χ0) is 7.61. The van der Waals surface area contributed by atoms with Crippen molar-refractivity contribution in [3.05, 3.63) is 0 Å². The van der Waals surface area contributed by atoms with E-state index < -0.39 is 0 Å². The average Bonchev–Trinajstić information content (AvgIpc) is 2.35. The van der Waals surface area contributed by atoms with Gasteiger partial charge in [-0.3, -0.25) is 0 Å². The summed E-state index contributed by atoms with van der Waals surface area (Å²) in [4.78, 5) is 0. The van der Waals surface area contributed by atoms with Gasteiger partial charge in [0.05, 0.1) is 0 Å². The third-order valence-electron chi connectivity index (χ3n) is 3.01. The molecular formula is C9H19N. The van der Waals surface area contributed by atoms with Crippen molar-refractivity contribution in [2.24, 2.45) is 5.92 Å². The van der Waals surface area contributed by atoms with Crippen molar-refractivity contribution in [3.8, 4) is 0 Å². The van der Waals surface area contributed by atoms with Crippen molar-refractivity contribution in [1.82, 2.24) is 5.32 Å². The Morgan fingerprint density at radius 3 is 2.40 bits per heavy atom. The normalized spacial score (nSPS) is 33.6. The molecule has 1 heterocycles. The Morgan fingerprint density at radius 1 is 1.50 bits per heavy atom. The van der Waals surface area contributed by atoms with Crippen LogP contribution in [0.5, 0.6) is 0 Å². The van der Waals surface area contributed by atoms with E-state index >= 15 is 0 Å². The molecule has 1 fully saturated rings. The maximum absolute atomic E-state index is 3.62. The number of nitrogens with one attached hydrogen (secondary N) is 1. The van der Waals surface area contributed by atoms with Gasteiger partial charge in [-0.15, -0.1) is 0 Å². The zero-order valence-electron chi connectivity index (χ0n) is 7.41. The predicted octanol–water partition coefficient (Wildman–Crippen LogP) is 2.17. The summed E-state index contributed by atoms with van der Waals surface area (Å²) < 4.78 is 0. The summed E-state index contributed by atoms with van der Waals surface area (Å²) >= 11 is 0. The number of rotatable bonds is 2. The highest BCUT2D eigenvalue weighted by Gasteiger charge is 2.34. The SMILES string of the molecule is CCC1(C(C)C)CCCN1. The van der Waals surface area contributed by atoms with Crippen LogP contribution in [0.2, 0.25) is 0 Å². The van der Waals surface area contributed by atoms with Gasteiger partial charge in [0.2, 0.25) is 0 Å². The predicted molar refractivity (Wildman–Crippen MR) is 45.1 cm³/mol. The van der Waals surface area contributed by atoms with Crippen LogP contribution in [0, 0.1) is 5.92 Å². The lowest BCUT2D eigenvalue weighted by molar-refractivity contribution is 0.262. The molecule has 0 aromatic carbocycles. The molecule has 0 amide bonds. The lowest BCUT2D eigenvalue weighted by atomic mass is 9.83. The Labute approximate surface area is 64.2 Å². The molecule has 1 heteroatoms. The van der Waals surface area contributed by atoms with Gasteiger partial charge in [0.25, 0.3) is 0 Å². The summed E-state index contributed by atoms with van der Waals surface area (Å²) in [7, 11) is 0. The molecule has 0 aromatic heterocycles. The van der Waals surface area contributed by atoms with E-state index in [0.29, 0.717) is 5.54 Å². The fraction of sp³-hybridized carbons (Fsp3) is 1.00. The van der Waals surface area contributed by atoms with Crippen molar-refractivity contribution < 1.29 is 0 Å². The molecule has 0 bridgehead atoms. The third-order valence-corrected chi connectivity index (χ3v) is 3.01. The van der Waals surface area contributed by atoms with Crippen LogP contribution in [0.3, 0.4) is 0 Å². The molecule has 1 aliphatic heterocycles. The summed E-state index contributed by atoms with van der Waals surface area (Å²) in [5.74, 6) is 0.792. The molecular weight excluding hydrogens is 122 g/mol. The van der Waals surface area contributed by atoms with Crippen LogP contribution in [0.4, 0.5) is 0 Å². The zero-order valence-corrected chi connectivity index (χ0v) is 7.41. The van der Waals surface area contributed by atoms with E-state index in [-0.39, 0.29) is 0 Å². The first-order valence-corrected chi connectivity index (χ1v) is 4.46. The van der Waals surface area contributed by atoms with Gasteiger partial charge in [0.1, 0.15) is 0 Å². The van der Waals surface area contributed by atoms with Gasteiger partial charge >= 0.3 is 0 Å². The maximum Gasteiger partial charge on any atom is 0.0202 e. The minimum absolute atomic E-state index is 0.486. The van der Waals surface area contributed by atoms with Crippen molar-refractivity contribution >= 4 is 0 Å². The van der Waals surface area contributed by atoms with Crippen LogP contribution in [-0.2, 0) is 0 Å². The lowest BCUT2D eigenvalue weighted by Crippen LogP contribution is -2.43. The minimum atomic E-state index is 0.486. The van der Waals surface area contributed by atoms with E-state index in [1.54, 1.807) is 0 Å². The Bertz CT molecular complexity index is 101. The van der Waals surface area contributed by atoms with Gasteiger partial charge < -0.3 is 5.32 Å². The van der Waals surface area contributed by atoms with Gasteiger partial charge in [-0.2, -0.15) is 0 Å². The van der Waals surface area contributed by atoms with Crippen LogP contribution in [-0.4, -0.2) is 12.1 Å². The highest BCUT2D eigenvalue weighted by atomic mass is 15.0. The van der Waals surface area contributed by atoms with Gasteiger partial charge in [-0.25, -0.2) is 0 Å². The summed E-state index contributed by atoms with van der Waals surface area (Å²) in [6.07, 6.45) is 4.03. The van der Waals surface area contributed by atoms with Crippen molar-refractivity contribution in [1.29, 1.82) is 0 Å². The number of hydrogen-bond acceptors (Lipinski definition) is 1. The summed E-state index contributed by atoms with van der Waals surface area (Å²) in [5.41, 5.74) is 0.486. The summed E-state index contributed by atoms with van der Waals surface area (Å²) in [6.45, 7) is 8.16. The second-order valence-electron chi connectivity index (χ2n) is 3.69. The molecule has 1 saturated heterocycles. The van der Waals surface area contributed by atoms with E-state index in [2.05, 4.69) is 26.1 Å². The maximum atomic E-state index is 3.62. The first kappa shape index (κ1) is 8.06. The van der Waals surface area contributed by atoms with Gasteiger partial charge in [0.15, 0.2) is 0 Å². The Morgan fingerprint density at radius 2 is 2.20 bits per heavy atom. The van der Waals surface area contributed by atoms with Crippen molar-refractivity contribution in [2.45, 2.75) is 45.6 Å². The molecule has 0 aliphatic carbocycles. The van der Waals surface area contributed by atoms with Gasteiger partial charge in [0, 0.05) is 5.54 Å². The first-order valence-electron chi connectivity index (χ1n) is 4.46. The van der Waals surface area contributed by atoms with Crippen LogP contribution >= 0.6 is 0 Å². The molecule has 1 unspecified atom stereocenters. The standard InChI is InChI=1S/C9H19N/c1-4-9(8(2)3)6-5-7-10-9/h8,10H,4-7H2,1-3H3. The van der Waals surface area contributed by atoms with Crippen LogP contribution in [0.15, 0.2) is 0 Å². The second-order valence-corrected chi connectivity index (χ2v) is 3.69. The van der Waals surface area contributed by atoms with Crippen molar-refractivity contribution in [2.75, 3.05) is 6.54 Å². The highest BCUT2D eigenvalue weighted by Crippen LogP contribution is 2.30. The molecule has 0 aromatic rings. The molecule has 0 saturated carbocycles. The smallest absolute Gasteiger partial charge is 0.0202 e. The quantitative estimate of drug-likeness (QED) is 0.621. The third kappa shape index (κ3) is 1.20. The van der Waals surface area contributed by atoms with Crippen LogP contribution < -0.4 is 5.32 Å². The topological polar surface area (TPSA) is 12.0 Å². The Hall–Kier alpha value is -0.0400. The molecule has 1 nitrogen and oxygen atoms in total. The summed E-state index contributed by atoms with van der Waals surface area (Å²) in [5, 5.41) is 3.62. The van der Waals surface area contributed by atoms with E-state index in [0.717, 1.165) is 5.92 Å². The number of hydrogen-bond donors (Lipinski definition) is 1. The average molecular weight is 141 g/mol. The summed E-state index contributed by atoms with van der Waals surface area (Å²) in [6, 6.07) is 0. The van der Waals surface area contributed by atoms with Gasteiger partial charge in [-0.1, -0.05) is 20.8 Å². The van der Waals surface area contributed by atoms with Crippen LogP contribution in [0.1, 0.15) is 40.0 Å². The second kappa shape index (κ2) is 2.91. The van der Waals surface area contributed by atoms with E-state index in [9.17, 15) is 0 Å². The molecule has 0 spiro atoms. The highest BCUT2D eigenvalue weighted by molar-refractivity contribution is 4.93.